The number of nitrogens with one attached hydrogen (secondary N) is 1. The average molecular weight is 242 g/mol. The van der Waals surface area contributed by atoms with E-state index in [0.717, 1.165) is 45.4 Å². The van der Waals surface area contributed by atoms with Crippen molar-refractivity contribution in [3.63, 3.8) is 0 Å². The molecule has 1 saturated heterocycles. The predicted molar refractivity (Wildman–Crippen MR) is 73.3 cm³/mol. The van der Waals surface area contributed by atoms with Crippen molar-refractivity contribution in [2.45, 2.75) is 64.5 Å². The highest BCUT2D eigenvalue weighted by atomic mass is 16.3. The Kier molecular flexibility index (Phi) is 6.45. The summed E-state index contributed by atoms with van der Waals surface area (Å²) >= 11 is 0. The molecular weight excluding hydrogens is 212 g/mol. The van der Waals surface area contributed by atoms with Gasteiger partial charge in [-0.25, -0.2) is 0 Å². The fourth-order valence-corrected chi connectivity index (χ4v) is 2.79. The normalized spacial score (nSPS) is 19.8. The van der Waals surface area contributed by atoms with Gasteiger partial charge in [0.2, 0.25) is 0 Å². The fraction of sp³-hybridized carbons (Fsp3) is 1.00. The molecule has 0 aromatic carbocycles. The first-order valence-electron chi connectivity index (χ1n) is 7.31. The van der Waals surface area contributed by atoms with Crippen molar-refractivity contribution in [1.29, 1.82) is 0 Å². The zero-order valence-electron chi connectivity index (χ0n) is 11.8. The first-order chi connectivity index (χ1) is 8.15. The summed E-state index contributed by atoms with van der Waals surface area (Å²) in [5.74, 6) is 0. The fourth-order valence-electron chi connectivity index (χ4n) is 2.79. The zero-order chi connectivity index (χ0) is 12.7. The van der Waals surface area contributed by atoms with E-state index in [0.29, 0.717) is 0 Å². The third-order valence-electron chi connectivity index (χ3n) is 4.41. The highest BCUT2D eigenvalue weighted by Gasteiger charge is 2.24. The Morgan fingerprint density at radius 2 is 1.65 bits per heavy atom. The molecule has 3 nitrogen and oxygen atoms in total. The minimum absolute atomic E-state index is 0.225. The van der Waals surface area contributed by atoms with Crippen molar-refractivity contribution in [2.24, 2.45) is 0 Å². The molecule has 3 heteroatoms. The van der Waals surface area contributed by atoms with Crippen molar-refractivity contribution < 1.29 is 5.11 Å². The topological polar surface area (TPSA) is 35.5 Å². The molecule has 0 radical (unpaired) electrons. The van der Waals surface area contributed by atoms with E-state index in [1.54, 1.807) is 0 Å². The summed E-state index contributed by atoms with van der Waals surface area (Å²) in [6.07, 6.45) is 5.77. The number of aliphatic hydroxyl groups excluding tert-OH is 1. The van der Waals surface area contributed by atoms with E-state index in [1.165, 1.54) is 12.8 Å². The molecule has 0 saturated carbocycles. The highest BCUT2D eigenvalue weighted by Crippen LogP contribution is 2.19. The van der Waals surface area contributed by atoms with Crippen LogP contribution in [0.25, 0.3) is 0 Å². The molecule has 1 unspecified atom stereocenters. The van der Waals surface area contributed by atoms with Crippen LogP contribution in [0.5, 0.6) is 0 Å². The van der Waals surface area contributed by atoms with Gasteiger partial charge in [-0.1, -0.05) is 20.8 Å². The molecule has 0 aromatic rings. The van der Waals surface area contributed by atoms with Gasteiger partial charge in [0.05, 0.1) is 6.10 Å². The van der Waals surface area contributed by atoms with Crippen molar-refractivity contribution in [3.8, 4) is 0 Å². The lowest BCUT2D eigenvalue weighted by molar-refractivity contribution is 0.109. The largest absolute Gasteiger partial charge is 0.390 e. The van der Waals surface area contributed by atoms with Crippen molar-refractivity contribution >= 4 is 0 Å². The van der Waals surface area contributed by atoms with Crippen molar-refractivity contribution in [2.75, 3.05) is 26.2 Å². The van der Waals surface area contributed by atoms with Crippen LogP contribution in [0, 0.1) is 0 Å². The summed E-state index contributed by atoms with van der Waals surface area (Å²) in [5, 5.41) is 13.6. The molecule has 1 aliphatic rings. The second-order valence-electron chi connectivity index (χ2n) is 5.38. The number of hydrogen-bond donors (Lipinski definition) is 2. The molecule has 2 N–H and O–H groups in total. The molecule has 0 aliphatic carbocycles. The summed E-state index contributed by atoms with van der Waals surface area (Å²) in [4.78, 5) is 2.37. The second kappa shape index (κ2) is 7.34. The maximum absolute atomic E-state index is 10.1. The number of likely N-dealkylation sites (tertiary alicyclic amines) is 1. The quantitative estimate of drug-likeness (QED) is 0.683. The van der Waals surface area contributed by atoms with Crippen LogP contribution in [0.1, 0.15) is 52.9 Å². The number of nitrogens with zero attached hydrogens (tertiary/aromatic N) is 1. The molecule has 1 heterocycles. The van der Waals surface area contributed by atoms with Crippen LogP contribution in [0.4, 0.5) is 0 Å². The Bertz CT molecular complexity index is 190. The van der Waals surface area contributed by atoms with E-state index in [-0.39, 0.29) is 11.6 Å². The van der Waals surface area contributed by atoms with E-state index in [4.69, 9.17) is 0 Å². The van der Waals surface area contributed by atoms with Gasteiger partial charge in [-0.3, -0.25) is 0 Å². The molecule has 102 valence electrons. The Morgan fingerprint density at radius 1 is 1.12 bits per heavy atom. The van der Waals surface area contributed by atoms with Crippen LogP contribution in [0.2, 0.25) is 0 Å². The molecule has 1 atom stereocenters. The van der Waals surface area contributed by atoms with Gasteiger partial charge in [-0.15, -0.1) is 0 Å². The first kappa shape index (κ1) is 14.9. The minimum atomic E-state index is -0.225. The van der Waals surface area contributed by atoms with Gasteiger partial charge < -0.3 is 15.3 Å². The Balaban J connectivity index is 2.27. The average Bonchev–Trinajstić information content (AvgIpc) is 2.84. The summed E-state index contributed by atoms with van der Waals surface area (Å²) in [6, 6.07) is 0. The number of aliphatic hydroxyl groups is 1. The molecule has 0 bridgehead atoms. The number of rotatable bonds is 8. The van der Waals surface area contributed by atoms with Gasteiger partial charge in [0.25, 0.3) is 0 Å². The monoisotopic (exact) mass is 242 g/mol. The summed E-state index contributed by atoms with van der Waals surface area (Å²) in [5.41, 5.74) is 0.228. The molecule has 1 rings (SSSR count). The van der Waals surface area contributed by atoms with Gasteiger partial charge in [0, 0.05) is 18.6 Å². The molecule has 0 spiro atoms. The Labute approximate surface area is 107 Å². The predicted octanol–water partition coefficient (Wildman–Crippen LogP) is 2.00. The van der Waals surface area contributed by atoms with Gasteiger partial charge in [-0.05, 0) is 45.2 Å². The van der Waals surface area contributed by atoms with Gasteiger partial charge >= 0.3 is 0 Å². The Hall–Kier alpha value is -0.120. The molecular formula is C14H30N2O. The highest BCUT2D eigenvalue weighted by molar-refractivity contribution is 4.85. The molecule has 1 fully saturated rings. The third kappa shape index (κ3) is 4.57. The van der Waals surface area contributed by atoms with E-state index < -0.39 is 0 Å². The molecule has 0 aromatic heterocycles. The van der Waals surface area contributed by atoms with E-state index >= 15 is 0 Å². The van der Waals surface area contributed by atoms with Crippen LogP contribution in [-0.2, 0) is 0 Å². The number of β-amino-alcohol motifs (C(OH)–C–C–N with tert-alkyl or cyclic N) is 1. The SMILES string of the molecule is CCC(CC)(CC)NCC(O)CN1CCCC1. The molecule has 1 aliphatic heterocycles. The third-order valence-corrected chi connectivity index (χ3v) is 4.41. The van der Waals surface area contributed by atoms with Crippen LogP contribution >= 0.6 is 0 Å². The van der Waals surface area contributed by atoms with Gasteiger partial charge in [0.1, 0.15) is 0 Å². The van der Waals surface area contributed by atoms with Gasteiger partial charge in [0.15, 0.2) is 0 Å². The maximum Gasteiger partial charge on any atom is 0.0791 e. The minimum Gasteiger partial charge on any atom is -0.390 e. The first-order valence-corrected chi connectivity index (χ1v) is 7.31. The van der Waals surface area contributed by atoms with Crippen LogP contribution < -0.4 is 5.32 Å². The number of hydrogen-bond acceptors (Lipinski definition) is 3. The van der Waals surface area contributed by atoms with Crippen molar-refractivity contribution in [1.82, 2.24) is 10.2 Å². The van der Waals surface area contributed by atoms with Crippen molar-refractivity contribution in [3.05, 3.63) is 0 Å². The van der Waals surface area contributed by atoms with Crippen LogP contribution in [0.3, 0.4) is 0 Å². The summed E-state index contributed by atoms with van der Waals surface area (Å²) in [7, 11) is 0. The molecule has 17 heavy (non-hydrogen) atoms. The second-order valence-corrected chi connectivity index (χ2v) is 5.38. The van der Waals surface area contributed by atoms with Crippen LogP contribution in [0.15, 0.2) is 0 Å². The standard InChI is InChI=1S/C14H30N2O/c1-4-14(5-2,6-3)15-11-13(17)12-16-9-7-8-10-16/h13,15,17H,4-12H2,1-3H3. The summed E-state index contributed by atoms with van der Waals surface area (Å²) < 4.78 is 0. The lowest BCUT2D eigenvalue weighted by Gasteiger charge is -2.33. The molecule has 0 amide bonds. The summed E-state index contributed by atoms with van der Waals surface area (Å²) in [6.45, 7) is 10.6. The van der Waals surface area contributed by atoms with E-state index in [1.807, 2.05) is 0 Å². The lowest BCUT2D eigenvalue weighted by atomic mass is 9.89. The smallest absolute Gasteiger partial charge is 0.0791 e. The lowest BCUT2D eigenvalue weighted by Crippen LogP contribution is -2.48. The van der Waals surface area contributed by atoms with E-state index in [9.17, 15) is 5.11 Å². The van der Waals surface area contributed by atoms with Gasteiger partial charge in [-0.2, -0.15) is 0 Å². The Morgan fingerprint density at radius 3 is 2.12 bits per heavy atom. The maximum atomic E-state index is 10.1. The van der Waals surface area contributed by atoms with Crippen LogP contribution in [-0.4, -0.2) is 47.8 Å². The van der Waals surface area contributed by atoms with E-state index in [2.05, 4.69) is 31.0 Å². The zero-order valence-corrected chi connectivity index (χ0v) is 11.8.